The van der Waals surface area contributed by atoms with E-state index in [2.05, 4.69) is 10.1 Å². The van der Waals surface area contributed by atoms with E-state index >= 15 is 0 Å². The van der Waals surface area contributed by atoms with Gasteiger partial charge in [-0.1, -0.05) is 0 Å². The normalized spacial score (nSPS) is 14.6. The number of carbonyl (C=O) groups excluding carboxylic acids is 2. The largest absolute Gasteiger partial charge is 0.494 e. The van der Waals surface area contributed by atoms with E-state index in [1.807, 2.05) is 0 Å². The van der Waals surface area contributed by atoms with E-state index in [9.17, 15) is 18.8 Å². The number of nitrogens with one attached hydrogen (secondary N) is 1. The third-order valence-corrected chi connectivity index (χ3v) is 5.91. The third-order valence-electron chi connectivity index (χ3n) is 5.91. The van der Waals surface area contributed by atoms with Gasteiger partial charge in [-0.3, -0.25) is 14.4 Å². The topological polar surface area (TPSA) is 96.8 Å². The van der Waals surface area contributed by atoms with E-state index in [-0.39, 0.29) is 28.9 Å². The summed E-state index contributed by atoms with van der Waals surface area (Å²) < 4.78 is 20.3. The molecule has 0 bridgehead atoms. The highest BCUT2D eigenvalue weighted by atomic mass is 19.1. The van der Waals surface area contributed by atoms with Crippen LogP contribution in [-0.2, 0) is 11.2 Å². The predicted molar refractivity (Wildman–Crippen MR) is 115 cm³/mol. The summed E-state index contributed by atoms with van der Waals surface area (Å²) in [7, 11) is 1.38. The van der Waals surface area contributed by atoms with Crippen molar-refractivity contribution in [2.45, 2.75) is 32.1 Å². The van der Waals surface area contributed by atoms with Gasteiger partial charge in [0.15, 0.2) is 17.3 Å². The number of amides is 1. The van der Waals surface area contributed by atoms with Gasteiger partial charge in [0.2, 0.25) is 5.91 Å². The molecule has 3 heterocycles. The number of benzene rings is 1. The van der Waals surface area contributed by atoms with Crippen LogP contribution in [0.5, 0.6) is 5.75 Å². The molecule has 1 aliphatic heterocycles. The summed E-state index contributed by atoms with van der Waals surface area (Å²) in [6.45, 7) is 0.997. The first kappa shape index (κ1) is 21.7. The number of carbonyl (C=O) groups is 2. The highest BCUT2D eigenvalue weighted by Gasteiger charge is 2.28. The van der Waals surface area contributed by atoms with Crippen molar-refractivity contribution in [2.24, 2.45) is 5.92 Å². The number of nitrogens with zero attached hydrogens (tertiary/aromatic N) is 3. The quantitative estimate of drug-likeness (QED) is 0.570. The number of likely N-dealkylation sites (tertiary alicyclic amines) is 1. The van der Waals surface area contributed by atoms with Gasteiger partial charge in [-0.05, 0) is 49.6 Å². The molecule has 4 rings (SSSR count). The Morgan fingerprint density at radius 3 is 2.75 bits per heavy atom. The highest BCUT2D eigenvalue weighted by Crippen LogP contribution is 2.25. The maximum Gasteiger partial charge on any atom is 0.275 e. The molecule has 0 saturated carbocycles. The van der Waals surface area contributed by atoms with Crippen molar-refractivity contribution < 1.29 is 18.7 Å². The molecule has 32 heavy (non-hydrogen) atoms. The zero-order valence-electron chi connectivity index (χ0n) is 17.8. The highest BCUT2D eigenvalue weighted by molar-refractivity contribution is 5.98. The summed E-state index contributed by atoms with van der Waals surface area (Å²) in [5.41, 5.74) is 0.615. The Balaban J connectivity index is 1.26. The summed E-state index contributed by atoms with van der Waals surface area (Å²) in [5.74, 6) is -0.214. The van der Waals surface area contributed by atoms with Gasteiger partial charge in [0.05, 0.1) is 7.11 Å². The first-order valence-electron chi connectivity index (χ1n) is 10.7. The van der Waals surface area contributed by atoms with Crippen LogP contribution >= 0.6 is 0 Å². The standard InChI is InChI=1S/C23H25FN4O4/c1-32-19-8-7-16(14-17(19)24)22(30)15-9-12-27(13-10-15)21(29)6-2-5-20-25-23(31)18-4-3-11-28(18)26-20/h3-4,7-8,11,14-15H,2,5-6,9-10,12-13H2,1H3,(H,25,26,31). The Labute approximate surface area is 184 Å². The molecule has 168 valence electrons. The number of piperidine rings is 1. The molecular weight excluding hydrogens is 415 g/mol. The lowest BCUT2D eigenvalue weighted by atomic mass is 9.88. The minimum absolute atomic E-state index is 0.0239. The van der Waals surface area contributed by atoms with Crippen molar-refractivity contribution in [2.75, 3.05) is 20.2 Å². The van der Waals surface area contributed by atoms with Gasteiger partial charge in [-0.25, -0.2) is 8.91 Å². The number of Topliss-reactive ketones (excluding diaryl/α,β-unsaturated/α-hetero) is 1. The SMILES string of the molecule is COc1ccc(C(=O)C2CCN(C(=O)CCCc3nn4cccc4c(=O)[nH]3)CC2)cc1F. The smallest absolute Gasteiger partial charge is 0.275 e. The van der Waals surface area contributed by atoms with Crippen LogP contribution in [0.1, 0.15) is 41.9 Å². The molecule has 0 unspecified atom stereocenters. The molecular formula is C23H25FN4O4. The van der Waals surface area contributed by atoms with Crippen molar-refractivity contribution in [1.29, 1.82) is 0 Å². The van der Waals surface area contributed by atoms with Crippen LogP contribution in [0.2, 0.25) is 0 Å². The van der Waals surface area contributed by atoms with E-state index in [0.29, 0.717) is 62.1 Å². The molecule has 8 nitrogen and oxygen atoms in total. The zero-order valence-corrected chi connectivity index (χ0v) is 17.8. The number of H-pyrrole nitrogens is 1. The maximum atomic E-state index is 13.9. The molecule has 1 saturated heterocycles. The van der Waals surface area contributed by atoms with Gasteiger partial charge in [0.1, 0.15) is 11.3 Å². The summed E-state index contributed by atoms with van der Waals surface area (Å²) in [6.07, 6.45) is 4.22. The lowest BCUT2D eigenvalue weighted by molar-refractivity contribution is -0.132. The number of aryl methyl sites for hydroxylation is 1. The number of halogens is 1. The van der Waals surface area contributed by atoms with Gasteiger partial charge in [0, 0.05) is 43.6 Å². The average molecular weight is 440 g/mol. The second kappa shape index (κ2) is 9.33. The Morgan fingerprint density at radius 1 is 1.25 bits per heavy atom. The Morgan fingerprint density at radius 2 is 2.03 bits per heavy atom. The molecule has 0 spiro atoms. The van der Waals surface area contributed by atoms with Crippen molar-refractivity contribution in [3.05, 3.63) is 64.1 Å². The molecule has 3 aromatic rings. The molecule has 1 aromatic carbocycles. The monoisotopic (exact) mass is 440 g/mol. The Bertz CT molecular complexity index is 1190. The fourth-order valence-electron chi connectivity index (χ4n) is 4.11. The minimum atomic E-state index is -0.558. The van der Waals surface area contributed by atoms with Crippen LogP contribution in [0, 0.1) is 11.7 Å². The first-order valence-corrected chi connectivity index (χ1v) is 10.7. The lowest BCUT2D eigenvalue weighted by Crippen LogP contribution is -2.40. The average Bonchev–Trinajstić information content (AvgIpc) is 3.28. The van der Waals surface area contributed by atoms with Crippen LogP contribution in [0.4, 0.5) is 4.39 Å². The van der Waals surface area contributed by atoms with Gasteiger partial charge in [-0.15, -0.1) is 0 Å². The summed E-state index contributed by atoms with van der Waals surface area (Å²) >= 11 is 0. The van der Waals surface area contributed by atoms with E-state index in [1.54, 1.807) is 29.3 Å². The molecule has 1 fully saturated rings. The fraction of sp³-hybridized carbons (Fsp3) is 0.391. The van der Waals surface area contributed by atoms with Gasteiger partial charge >= 0.3 is 0 Å². The van der Waals surface area contributed by atoms with Crippen molar-refractivity contribution >= 4 is 17.2 Å². The van der Waals surface area contributed by atoms with E-state index < -0.39 is 5.82 Å². The van der Waals surface area contributed by atoms with Crippen molar-refractivity contribution in [3.63, 3.8) is 0 Å². The molecule has 0 aliphatic carbocycles. The number of aromatic amines is 1. The van der Waals surface area contributed by atoms with Crippen LogP contribution in [-0.4, -0.2) is 51.4 Å². The third kappa shape index (κ3) is 4.56. The van der Waals surface area contributed by atoms with Crippen LogP contribution in [0.3, 0.4) is 0 Å². The molecule has 1 amide bonds. The van der Waals surface area contributed by atoms with Gasteiger partial charge < -0.3 is 14.6 Å². The number of fused-ring (bicyclic) bond motifs is 1. The second-order valence-corrected chi connectivity index (χ2v) is 7.96. The number of ketones is 1. The molecule has 0 atom stereocenters. The van der Waals surface area contributed by atoms with E-state index in [1.165, 1.54) is 23.8 Å². The number of hydrogen-bond donors (Lipinski definition) is 1. The van der Waals surface area contributed by atoms with Crippen LogP contribution < -0.4 is 10.3 Å². The number of methoxy groups -OCH3 is 1. The second-order valence-electron chi connectivity index (χ2n) is 7.96. The number of aromatic nitrogens is 3. The van der Waals surface area contributed by atoms with Crippen molar-refractivity contribution in [1.82, 2.24) is 19.5 Å². The number of rotatable bonds is 7. The molecule has 1 N–H and O–H groups in total. The number of ether oxygens (including phenoxy) is 1. The first-order chi connectivity index (χ1) is 15.5. The number of hydrogen-bond acceptors (Lipinski definition) is 5. The van der Waals surface area contributed by atoms with Gasteiger partial charge in [-0.2, -0.15) is 5.10 Å². The van der Waals surface area contributed by atoms with Crippen LogP contribution in [0.15, 0.2) is 41.3 Å². The molecule has 0 radical (unpaired) electrons. The fourth-order valence-corrected chi connectivity index (χ4v) is 4.11. The van der Waals surface area contributed by atoms with Crippen molar-refractivity contribution in [3.8, 4) is 5.75 Å². The summed E-state index contributed by atoms with van der Waals surface area (Å²) in [6, 6.07) is 7.69. The molecule has 2 aromatic heterocycles. The molecule has 9 heteroatoms. The Hall–Kier alpha value is -3.49. The zero-order chi connectivity index (χ0) is 22.7. The maximum absolute atomic E-state index is 13.9. The predicted octanol–water partition coefficient (Wildman–Crippen LogP) is 2.61. The minimum Gasteiger partial charge on any atom is -0.494 e. The van der Waals surface area contributed by atoms with E-state index in [4.69, 9.17) is 4.74 Å². The van der Waals surface area contributed by atoms with Gasteiger partial charge in [0.25, 0.3) is 5.56 Å². The Kier molecular flexibility index (Phi) is 6.34. The van der Waals surface area contributed by atoms with E-state index in [0.717, 1.165) is 0 Å². The summed E-state index contributed by atoms with van der Waals surface area (Å²) in [4.78, 5) is 41.8. The summed E-state index contributed by atoms with van der Waals surface area (Å²) in [5, 5.41) is 4.34. The van der Waals surface area contributed by atoms with Crippen LogP contribution in [0.25, 0.3) is 5.52 Å². The lowest BCUT2D eigenvalue weighted by Gasteiger charge is -2.31. The molecule has 1 aliphatic rings.